The van der Waals surface area contributed by atoms with Crippen LogP contribution in [0.15, 0.2) is 41.3 Å². The molecule has 1 N–H and O–H groups in total. The summed E-state index contributed by atoms with van der Waals surface area (Å²) < 4.78 is 46.3. The Labute approximate surface area is 176 Å². The molecule has 2 aliphatic rings. The molecule has 1 aliphatic heterocycles. The number of carbonyl (C=O) groups is 1. The highest BCUT2D eigenvalue weighted by Gasteiger charge is 2.29. The fraction of sp³-hybridized carbons (Fsp3) is 0.409. The summed E-state index contributed by atoms with van der Waals surface area (Å²) in [7, 11) is -3.99. The van der Waals surface area contributed by atoms with Crippen LogP contribution in [0.25, 0.3) is 0 Å². The second-order valence-corrected chi connectivity index (χ2v) is 9.60. The van der Waals surface area contributed by atoms with Crippen LogP contribution in [0.3, 0.4) is 0 Å². The summed E-state index contributed by atoms with van der Waals surface area (Å²) >= 11 is 0. The number of sulfonamides is 1. The van der Waals surface area contributed by atoms with E-state index >= 15 is 0 Å². The molecule has 0 bridgehead atoms. The van der Waals surface area contributed by atoms with E-state index in [-0.39, 0.29) is 44.3 Å². The average molecular weight is 433 g/mol. The smallest absolute Gasteiger partial charge is 0.246 e. The standard InChI is InChI=1S/C22H25FN2O4S/c23-20-8-7-19(15-21(20)30(27,28)25-9-11-29-12-10-25)24-22(26)14-16-5-6-17-3-1-2-4-18(17)13-16/h5-8,13,15H,1-4,9-12,14H2,(H,24,26). The van der Waals surface area contributed by atoms with Gasteiger partial charge in [-0.25, -0.2) is 12.8 Å². The SMILES string of the molecule is O=C(Cc1ccc2c(c1)CCCC2)Nc1ccc(F)c(S(=O)(=O)N2CCOCC2)c1. The number of morpholine rings is 1. The average Bonchev–Trinajstić information content (AvgIpc) is 2.75. The van der Waals surface area contributed by atoms with Gasteiger partial charge < -0.3 is 10.1 Å². The lowest BCUT2D eigenvalue weighted by Gasteiger charge is -2.26. The Morgan fingerprint density at radius 3 is 2.53 bits per heavy atom. The van der Waals surface area contributed by atoms with Gasteiger partial charge in [0.2, 0.25) is 15.9 Å². The first-order valence-electron chi connectivity index (χ1n) is 10.2. The predicted molar refractivity (Wildman–Crippen MR) is 111 cm³/mol. The zero-order chi connectivity index (χ0) is 21.1. The molecular formula is C22H25FN2O4S. The van der Waals surface area contributed by atoms with E-state index in [0.717, 1.165) is 24.5 Å². The summed E-state index contributed by atoms with van der Waals surface area (Å²) in [6, 6.07) is 9.75. The number of hydrogen-bond donors (Lipinski definition) is 1. The van der Waals surface area contributed by atoms with Gasteiger partial charge in [0, 0.05) is 18.8 Å². The molecule has 1 fully saturated rings. The Hall–Kier alpha value is -2.29. The summed E-state index contributed by atoms with van der Waals surface area (Å²) in [6.45, 7) is 0.906. The van der Waals surface area contributed by atoms with E-state index in [1.54, 1.807) is 0 Å². The number of nitrogens with one attached hydrogen (secondary N) is 1. The highest BCUT2D eigenvalue weighted by Crippen LogP contribution is 2.25. The molecule has 0 spiro atoms. The molecule has 160 valence electrons. The number of fused-ring (bicyclic) bond motifs is 1. The minimum absolute atomic E-state index is 0.177. The quantitative estimate of drug-likeness (QED) is 0.788. The summed E-state index contributed by atoms with van der Waals surface area (Å²) in [5, 5.41) is 2.70. The molecular weight excluding hydrogens is 407 g/mol. The molecule has 0 radical (unpaired) electrons. The lowest BCUT2D eigenvalue weighted by atomic mass is 9.90. The van der Waals surface area contributed by atoms with Crippen LogP contribution < -0.4 is 5.32 Å². The number of benzene rings is 2. The first-order chi connectivity index (χ1) is 14.4. The van der Waals surface area contributed by atoms with Gasteiger partial charge in [-0.3, -0.25) is 4.79 Å². The summed E-state index contributed by atoms with van der Waals surface area (Å²) in [5.41, 5.74) is 3.82. The third-order valence-corrected chi connectivity index (χ3v) is 7.49. The second kappa shape index (κ2) is 8.83. The van der Waals surface area contributed by atoms with Crippen molar-refractivity contribution in [3.8, 4) is 0 Å². The van der Waals surface area contributed by atoms with Gasteiger partial charge >= 0.3 is 0 Å². The third kappa shape index (κ3) is 4.55. The number of amides is 1. The largest absolute Gasteiger partial charge is 0.379 e. The number of halogens is 1. The van der Waals surface area contributed by atoms with E-state index in [1.165, 1.54) is 40.4 Å². The maximum atomic E-state index is 14.3. The molecule has 0 saturated carbocycles. The molecule has 2 aromatic carbocycles. The van der Waals surface area contributed by atoms with Gasteiger partial charge in [0.15, 0.2) is 0 Å². The van der Waals surface area contributed by atoms with Crippen LogP contribution in [0.1, 0.15) is 29.5 Å². The monoisotopic (exact) mass is 432 g/mol. The molecule has 1 saturated heterocycles. The van der Waals surface area contributed by atoms with Gasteiger partial charge in [-0.2, -0.15) is 4.31 Å². The van der Waals surface area contributed by atoms with E-state index in [1.807, 2.05) is 6.07 Å². The van der Waals surface area contributed by atoms with Crippen LogP contribution in [0, 0.1) is 5.82 Å². The molecule has 6 nitrogen and oxygen atoms in total. The van der Waals surface area contributed by atoms with E-state index in [4.69, 9.17) is 4.74 Å². The van der Waals surface area contributed by atoms with Crippen LogP contribution >= 0.6 is 0 Å². The Bertz CT molecular complexity index is 1050. The minimum atomic E-state index is -3.99. The molecule has 0 atom stereocenters. The van der Waals surface area contributed by atoms with Crippen molar-refractivity contribution in [2.24, 2.45) is 0 Å². The molecule has 30 heavy (non-hydrogen) atoms. The van der Waals surface area contributed by atoms with Crippen LogP contribution in [-0.4, -0.2) is 44.9 Å². The minimum Gasteiger partial charge on any atom is -0.379 e. The first-order valence-corrected chi connectivity index (χ1v) is 11.7. The molecule has 4 rings (SSSR count). The van der Waals surface area contributed by atoms with E-state index in [0.29, 0.717) is 0 Å². The van der Waals surface area contributed by atoms with Crippen molar-refractivity contribution in [1.82, 2.24) is 4.31 Å². The molecule has 2 aromatic rings. The molecule has 1 amide bonds. The predicted octanol–water partition coefficient (Wildman–Crippen LogP) is 2.91. The maximum absolute atomic E-state index is 14.3. The topological polar surface area (TPSA) is 75.7 Å². The van der Waals surface area contributed by atoms with Gasteiger partial charge in [0.25, 0.3) is 0 Å². The van der Waals surface area contributed by atoms with Crippen LogP contribution in [0.4, 0.5) is 10.1 Å². The maximum Gasteiger partial charge on any atom is 0.246 e. The zero-order valence-corrected chi connectivity index (χ0v) is 17.5. The number of anilines is 1. The summed E-state index contributed by atoms with van der Waals surface area (Å²) in [6.07, 6.45) is 4.66. The summed E-state index contributed by atoms with van der Waals surface area (Å²) in [4.78, 5) is 12.1. The molecule has 0 unspecified atom stereocenters. The van der Waals surface area contributed by atoms with Crippen molar-refractivity contribution < 1.29 is 22.3 Å². The highest BCUT2D eigenvalue weighted by atomic mass is 32.2. The molecule has 8 heteroatoms. The van der Waals surface area contributed by atoms with Gasteiger partial charge in [0.05, 0.1) is 19.6 Å². The normalized spacial score (nSPS) is 17.4. The number of hydrogen-bond acceptors (Lipinski definition) is 4. The first kappa shape index (κ1) is 21.0. The Morgan fingerprint density at radius 1 is 1.03 bits per heavy atom. The van der Waals surface area contributed by atoms with Crippen molar-refractivity contribution in [3.05, 3.63) is 58.9 Å². The van der Waals surface area contributed by atoms with E-state index < -0.39 is 20.7 Å². The van der Waals surface area contributed by atoms with Crippen molar-refractivity contribution >= 4 is 21.6 Å². The van der Waals surface area contributed by atoms with Gasteiger partial charge in [-0.05, 0) is 60.6 Å². The number of rotatable bonds is 5. The fourth-order valence-corrected chi connectivity index (χ4v) is 5.49. The zero-order valence-electron chi connectivity index (χ0n) is 16.7. The lowest BCUT2D eigenvalue weighted by molar-refractivity contribution is -0.115. The van der Waals surface area contributed by atoms with E-state index in [2.05, 4.69) is 17.4 Å². The summed E-state index contributed by atoms with van der Waals surface area (Å²) in [5.74, 6) is -1.11. The lowest BCUT2D eigenvalue weighted by Crippen LogP contribution is -2.40. The van der Waals surface area contributed by atoms with Crippen LogP contribution in [-0.2, 0) is 38.8 Å². The Kier molecular flexibility index (Phi) is 6.17. The highest BCUT2D eigenvalue weighted by molar-refractivity contribution is 7.89. The molecule has 1 heterocycles. The fourth-order valence-electron chi connectivity index (χ4n) is 3.99. The number of aryl methyl sites for hydroxylation is 2. The van der Waals surface area contributed by atoms with Gasteiger partial charge in [-0.15, -0.1) is 0 Å². The second-order valence-electron chi connectivity index (χ2n) is 7.70. The number of carbonyl (C=O) groups excluding carboxylic acids is 1. The van der Waals surface area contributed by atoms with Gasteiger partial charge in [-0.1, -0.05) is 18.2 Å². The van der Waals surface area contributed by atoms with Gasteiger partial charge in [0.1, 0.15) is 10.7 Å². The van der Waals surface area contributed by atoms with Crippen molar-refractivity contribution in [1.29, 1.82) is 0 Å². The molecule has 1 aliphatic carbocycles. The Morgan fingerprint density at radius 2 is 1.77 bits per heavy atom. The van der Waals surface area contributed by atoms with Crippen LogP contribution in [0.2, 0.25) is 0 Å². The Balaban J connectivity index is 1.48. The van der Waals surface area contributed by atoms with E-state index in [9.17, 15) is 17.6 Å². The third-order valence-electron chi connectivity index (χ3n) is 5.58. The van der Waals surface area contributed by atoms with Crippen molar-refractivity contribution in [2.75, 3.05) is 31.6 Å². The number of ether oxygens (including phenoxy) is 1. The van der Waals surface area contributed by atoms with Crippen LogP contribution in [0.5, 0.6) is 0 Å². The van der Waals surface area contributed by atoms with Crippen molar-refractivity contribution in [2.45, 2.75) is 37.0 Å². The molecule has 0 aromatic heterocycles. The number of nitrogens with zero attached hydrogens (tertiary/aromatic N) is 1. The van der Waals surface area contributed by atoms with Crippen molar-refractivity contribution in [3.63, 3.8) is 0 Å².